The first-order valence-corrected chi connectivity index (χ1v) is 7.54. The zero-order valence-electron chi connectivity index (χ0n) is 11.4. The second kappa shape index (κ2) is 7.07. The van der Waals surface area contributed by atoms with Gasteiger partial charge in [-0.25, -0.2) is 0 Å². The molecule has 0 aromatic carbocycles. The molecule has 0 aromatic rings. The van der Waals surface area contributed by atoms with E-state index in [4.69, 9.17) is 0 Å². The molecule has 1 unspecified atom stereocenters. The fourth-order valence-corrected chi connectivity index (χ4v) is 3.48. The average Bonchev–Trinajstić information content (AvgIpc) is 2.85. The van der Waals surface area contributed by atoms with Gasteiger partial charge in [0.05, 0.1) is 0 Å². The molecule has 1 atom stereocenters. The molecule has 0 amide bonds. The number of nitrogens with zero attached hydrogens (tertiary/aromatic N) is 1. The second-order valence-corrected chi connectivity index (χ2v) is 5.76. The molecular weight excluding hydrogens is 206 g/mol. The summed E-state index contributed by atoms with van der Waals surface area (Å²) in [6.07, 6.45) is 12.6. The van der Waals surface area contributed by atoms with Gasteiger partial charge < -0.3 is 4.90 Å². The third-order valence-corrected chi connectivity index (χ3v) is 4.50. The summed E-state index contributed by atoms with van der Waals surface area (Å²) in [5.74, 6) is 7.14. The molecule has 0 spiro atoms. The summed E-state index contributed by atoms with van der Waals surface area (Å²) in [7, 11) is 0. The highest BCUT2D eigenvalue weighted by atomic mass is 15.2. The van der Waals surface area contributed by atoms with Gasteiger partial charge in [-0.1, -0.05) is 19.3 Å². The van der Waals surface area contributed by atoms with Crippen molar-refractivity contribution in [3.63, 3.8) is 0 Å². The number of unbranched alkanes of at least 4 members (excludes halogenated alkanes) is 1. The van der Waals surface area contributed by atoms with E-state index in [1.54, 1.807) is 0 Å². The molecule has 96 valence electrons. The van der Waals surface area contributed by atoms with Gasteiger partial charge in [0.1, 0.15) is 0 Å². The Morgan fingerprint density at radius 1 is 1.12 bits per heavy atom. The minimum absolute atomic E-state index is 0.934. The topological polar surface area (TPSA) is 3.24 Å². The van der Waals surface area contributed by atoms with Crippen LogP contribution in [0.25, 0.3) is 0 Å². The lowest BCUT2D eigenvalue weighted by Gasteiger charge is -2.31. The van der Waals surface area contributed by atoms with Gasteiger partial charge in [-0.05, 0) is 51.5 Å². The second-order valence-electron chi connectivity index (χ2n) is 5.76. The quantitative estimate of drug-likeness (QED) is 0.527. The van der Waals surface area contributed by atoms with Crippen LogP contribution in [-0.4, -0.2) is 24.0 Å². The molecular formula is C16H27N. The Morgan fingerprint density at radius 3 is 2.71 bits per heavy atom. The van der Waals surface area contributed by atoms with E-state index in [1.807, 2.05) is 6.92 Å². The summed E-state index contributed by atoms with van der Waals surface area (Å²) >= 11 is 0. The summed E-state index contributed by atoms with van der Waals surface area (Å²) in [6.45, 7) is 4.69. The Bertz CT molecular complexity index is 267. The molecule has 1 nitrogen and oxygen atoms in total. The maximum absolute atomic E-state index is 3.18. The lowest BCUT2D eigenvalue weighted by molar-refractivity contribution is 0.184. The van der Waals surface area contributed by atoms with Gasteiger partial charge in [0.2, 0.25) is 0 Å². The SMILES string of the molecule is CC#CCCCC1CCN(C2CCCCC2)C1. The van der Waals surface area contributed by atoms with E-state index in [1.165, 1.54) is 64.5 Å². The Labute approximate surface area is 107 Å². The normalized spacial score (nSPS) is 26.8. The van der Waals surface area contributed by atoms with Crippen LogP contribution >= 0.6 is 0 Å². The molecule has 0 aromatic heterocycles. The first-order valence-electron chi connectivity index (χ1n) is 7.54. The zero-order chi connectivity index (χ0) is 11.9. The van der Waals surface area contributed by atoms with Gasteiger partial charge in [0.25, 0.3) is 0 Å². The lowest BCUT2D eigenvalue weighted by Crippen LogP contribution is -2.34. The van der Waals surface area contributed by atoms with Crippen molar-refractivity contribution in [1.82, 2.24) is 4.90 Å². The van der Waals surface area contributed by atoms with Gasteiger partial charge in [-0.3, -0.25) is 0 Å². The van der Waals surface area contributed by atoms with Crippen LogP contribution in [0.2, 0.25) is 0 Å². The van der Waals surface area contributed by atoms with Crippen LogP contribution in [0, 0.1) is 17.8 Å². The zero-order valence-corrected chi connectivity index (χ0v) is 11.4. The molecule has 1 aliphatic heterocycles. The molecule has 0 N–H and O–H groups in total. The molecule has 0 bridgehead atoms. The first-order chi connectivity index (χ1) is 8.40. The van der Waals surface area contributed by atoms with E-state index in [0.29, 0.717) is 0 Å². The van der Waals surface area contributed by atoms with Crippen LogP contribution in [0.15, 0.2) is 0 Å². The Morgan fingerprint density at radius 2 is 1.94 bits per heavy atom. The summed E-state index contributed by atoms with van der Waals surface area (Å²) < 4.78 is 0. The van der Waals surface area contributed by atoms with Crippen LogP contribution in [0.4, 0.5) is 0 Å². The van der Waals surface area contributed by atoms with E-state index >= 15 is 0 Å². The van der Waals surface area contributed by atoms with Crippen LogP contribution < -0.4 is 0 Å². The van der Waals surface area contributed by atoms with Crippen molar-refractivity contribution in [3.8, 4) is 11.8 Å². The first kappa shape index (κ1) is 13.0. The van der Waals surface area contributed by atoms with Crippen molar-refractivity contribution in [1.29, 1.82) is 0 Å². The van der Waals surface area contributed by atoms with Gasteiger partial charge >= 0.3 is 0 Å². The highest BCUT2D eigenvalue weighted by Gasteiger charge is 2.28. The van der Waals surface area contributed by atoms with Crippen LogP contribution in [0.3, 0.4) is 0 Å². The number of hydrogen-bond donors (Lipinski definition) is 0. The minimum Gasteiger partial charge on any atom is -0.300 e. The minimum atomic E-state index is 0.934. The Kier molecular flexibility index (Phi) is 5.39. The van der Waals surface area contributed by atoms with E-state index in [2.05, 4.69) is 16.7 Å². The molecule has 1 heterocycles. The van der Waals surface area contributed by atoms with Gasteiger partial charge in [0.15, 0.2) is 0 Å². The largest absolute Gasteiger partial charge is 0.300 e. The summed E-state index contributed by atoms with van der Waals surface area (Å²) in [6, 6.07) is 0.934. The van der Waals surface area contributed by atoms with Crippen molar-refractivity contribution in [2.45, 2.75) is 70.8 Å². The van der Waals surface area contributed by atoms with Crippen molar-refractivity contribution in [2.75, 3.05) is 13.1 Å². The van der Waals surface area contributed by atoms with Crippen LogP contribution in [0.1, 0.15) is 64.7 Å². The Balaban J connectivity index is 1.65. The van der Waals surface area contributed by atoms with E-state index < -0.39 is 0 Å². The fourth-order valence-electron chi connectivity index (χ4n) is 3.48. The van der Waals surface area contributed by atoms with Crippen LogP contribution in [0.5, 0.6) is 0 Å². The molecule has 2 aliphatic rings. The summed E-state index contributed by atoms with van der Waals surface area (Å²) in [5, 5.41) is 0. The van der Waals surface area contributed by atoms with E-state index in [9.17, 15) is 0 Å². The van der Waals surface area contributed by atoms with Crippen LogP contribution in [-0.2, 0) is 0 Å². The predicted molar refractivity (Wildman–Crippen MR) is 73.9 cm³/mol. The molecule has 2 rings (SSSR count). The third kappa shape index (κ3) is 4.03. The third-order valence-electron chi connectivity index (χ3n) is 4.50. The van der Waals surface area contributed by atoms with Crippen molar-refractivity contribution < 1.29 is 0 Å². The van der Waals surface area contributed by atoms with E-state index in [0.717, 1.165) is 18.4 Å². The molecule has 0 radical (unpaired) electrons. The maximum Gasteiger partial charge on any atom is 0.00953 e. The highest BCUT2D eigenvalue weighted by molar-refractivity contribution is 4.94. The fraction of sp³-hybridized carbons (Fsp3) is 0.875. The average molecular weight is 233 g/mol. The standard InChI is InChI=1S/C16H27N/c1-2-3-4-6-9-15-12-13-17(14-15)16-10-7-5-8-11-16/h15-16H,4-14H2,1H3. The van der Waals surface area contributed by atoms with Crippen molar-refractivity contribution in [3.05, 3.63) is 0 Å². The summed E-state index contributed by atoms with van der Waals surface area (Å²) in [4.78, 5) is 2.79. The van der Waals surface area contributed by atoms with E-state index in [-0.39, 0.29) is 0 Å². The lowest BCUT2D eigenvalue weighted by atomic mass is 9.94. The van der Waals surface area contributed by atoms with Crippen molar-refractivity contribution in [2.24, 2.45) is 5.92 Å². The van der Waals surface area contributed by atoms with Crippen molar-refractivity contribution >= 4 is 0 Å². The highest BCUT2D eigenvalue weighted by Crippen LogP contribution is 2.29. The molecule has 17 heavy (non-hydrogen) atoms. The molecule has 1 saturated heterocycles. The predicted octanol–water partition coefficient (Wildman–Crippen LogP) is 3.83. The molecule has 1 aliphatic carbocycles. The van der Waals surface area contributed by atoms with Gasteiger partial charge in [0, 0.05) is 19.0 Å². The smallest absolute Gasteiger partial charge is 0.00953 e. The number of likely N-dealkylation sites (tertiary alicyclic amines) is 1. The van der Waals surface area contributed by atoms with Gasteiger partial charge in [-0.2, -0.15) is 0 Å². The summed E-state index contributed by atoms with van der Waals surface area (Å²) in [5.41, 5.74) is 0. The monoisotopic (exact) mass is 233 g/mol. The molecule has 2 fully saturated rings. The molecule has 1 saturated carbocycles. The maximum atomic E-state index is 3.18. The Hall–Kier alpha value is -0.480. The number of rotatable bonds is 4. The molecule has 1 heteroatoms. The van der Waals surface area contributed by atoms with Gasteiger partial charge in [-0.15, -0.1) is 11.8 Å². The number of hydrogen-bond acceptors (Lipinski definition) is 1.